The zero-order chi connectivity index (χ0) is 17.7. The van der Waals surface area contributed by atoms with Crippen molar-refractivity contribution >= 4 is 12.1 Å². The van der Waals surface area contributed by atoms with Crippen molar-refractivity contribution in [3.63, 3.8) is 0 Å². The van der Waals surface area contributed by atoms with E-state index in [4.69, 9.17) is 9.47 Å². The predicted molar refractivity (Wildman–Crippen MR) is 88.6 cm³/mol. The van der Waals surface area contributed by atoms with E-state index in [9.17, 15) is 14.7 Å². The predicted octanol–water partition coefficient (Wildman–Crippen LogP) is 2.91. The zero-order valence-corrected chi connectivity index (χ0v) is 14.4. The number of hydrogen-bond donors (Lipinski definition) is 1. The molecule has 0 unspecified atom stereocenters. The normalized spacial score (nSPS) is 20.9. The topological polar surface area (TPSA) is 76.1 Å². The molecule has 1 amide bonds. The second kappa shape index (κ2) is 7.66. The highest BCUT2D eigenvalue weighted by atomic mass is 16.6. The molecule has 1 N–H and O–H groups in total. The van der Waals surface area contributed by atoms with Crippen molar-refractivity contribution in [3.05, 3.63) is 35.9 Å². The van der Waals surface area contributed by atoms with Crippen molar-refractivity contribution in [2.45, 2.75) is 45.9 Å². The van der Waals surface area contributed by atoms with E-state index in [0.717, 1.165) is 5.56 Å². The highest BCUT2D eigenvalue weighted by Crippen LogP contribution is 2.24. The van der Waals surface area contributed by atoms with Crippen LogP contribution in [-0.4, -0.2) is 47.4 Å². The third-order valence-corrected chi connectivity index (χ3v) is 3.74. The maximum Gasteiger partial charge on any atom is 0.410 e. The number of carbonyl (C=O) groups is 2. The molecule has 0 spiro atoms. The molecule has 0 aliphatic carbocycles. The summed E-state index contributed by atoms with van der Waals surface area (Å²) in [5.41, 5.74) is 0.845. The minimum absolute atomic E-state index is 0.0139. The Hall–Kier alpha value is -2.08. The van der Waals surface area contributed by atoms with Crippen LogP contribution in [0.4, 0.5) is 4.79 Å². The van der Waals surface area contributed by atoms with Gasteiger partial charge in [0.15, 0.2) is 0 Å². The van der Waals surface area contributed by atoms with Gasteiger partial charge in [-0.1, -0.05) is 51.1 Å². The number of likely N-dealkylation sites (tertiary alicyclic amines) is 1. The fraction of sp³-hybridized carbons (Fsp3) is 0.556. The summed E-state index contributed by atoms with van der Waals surface area (Å²) in [5.74, 6) is -1.03. The molecule has 1 fully saturated rings. The number of amides is 1. The second-order valence-electron chi connectivity index (χ2n) is 7.28. The molecular formula is C18H25NO5. The molecule has 1 heterocycles. The highest BCUT2D eigenvalue weighted by molar-refractivity contribution is 5.80. The van der Waals surface area contributed by atoms with Gasteiger partial charge in [0.1, 0.15) is 12.6 Å². The fourth-order valence-corrected chi connectivity index (χ4v) is 2.52. The first-order valence-electron chi connectivity index (χ1n) is 8.08. The third kappa shape index (κ3) is 5.23. The number of nitrogens with zero attached hydrogens (tertiary/aromatic N) is 1. The number of ether oxygens (including phenoxy) is 2. The quantitative estimate of drug-likeness (QED) is 0.895. The third-order valence-electron chi connectivity index (χ3n) is 3.74. The first kappa shape index (κ1) is 18.3. The van der Waals surface area contributed by atoms with Crippen molar-refractivity contribution < 1.29 is 24.2 Å². The van der Waals surface area contributed by atoms with Gasteiger partial charge < -0.3 is 14.6 Å². The van der Waals surface area contributed by atoms with Crippen LogP contribution in [0.15, 0.2) is 30.3 Å². The first-order valence-corrected chi connectivity index (χ1v) is 8.08. The van der Waals surface area contributed by atoms with Crippen LogP contribution < -0.4 is 0 Å². The number of carboxylic acids is 1. The number of carbonyl (C=O) groups excluding carboxylic acids is 1. The van der Waals surface area contributed by atoms with Crippen molar-refractivity contribution in [3.8, 4) is 0 Å². The molecule has 6 heteroatoms. The average Bonchev–Trinajstić information content (AvgIpc) is 2.96. The largest absolute Gasteiger partial charge is 0.480 e. The summed E-state index contributed by atoms with van der Waals surface area (Å²) in [7, 11) is 0. The molecule has 1 aromatic carbocycles. The summed E-state index contributed by atoms with van der Waals surface area (Å²) in [5, 5.41) is 9.36. The van der Waals surface area contributed by atoms with Crippen LogP contribution in [0.2, 0.25) is 0 Å². The summed E-state index contributed by atoms with van der Waals surface area (Å²) in [6.45, 7) is 7.00. The van der Waals surface area contributed by atoms with E-state index in [-0.39, 0.29) is 31.1 Å². The summed E-state index contributed by atoms with van der Waals surface area (Å²) < 4.78 is 11.0. The van der Waals surface area contributed by atoms with E-state index < -0.39 is 18.1 Å². The smallest absolute Gasteiger partial charge is 0.410 e. The second-order valence-corrected chi connectivity index (χ2v) is 7.28. The van der Waals surface area contributed by atoms with Crippen LogP contribution in [0.3, 0.4) is 0 Å². The molecule has 0 radical (unpaired) electrons. The van der Waals surface area contributed by atoms with Crippen molar-refractivity contribution in [2.75, 3.05) is 13.2 Å². The number of hydrogen-bond acceptors (Lipinski definition) is 4. The minimum Gasteiger partial charge on any atom is -0.480 e. The minimum atomic E-state index is -1.03. The summed E-state index contributed by atoms with van der Waals surface area (Å²) in [6, 6.07) is 8.38. The maximum atomic E-state index is 12.3. The highest BCUT2D eigenvalue weighted by Gasteiger charge is 2.41. The standard InChI is InChI=1S/C18H25NO5/c1-18(2,3)12-24-14-9-15(16(20)21)19(10-14)17(22)23-11-13-7-5-4-6-8-13/h4-8,14-15H,9-12H2,1-3H3,(H,20,21)/t14-,15+/m1/s1. The molecule has 1 saturated heterocycles. The molecule has 0 aromatic heterocycles. The Kier molecular flexibility index (Phi) is 5.83. The molecule has 0 bridgehead atoms. The van der Waals surface area contributed by atoms with Crippen LogP contribution in [0.5, 0.6) is 0 Å². The van der Waals surface area contributed by atoms with Gasteiger partial charge in [0.2, 0.25) is 0 Å². The number of carboxylic acid groups (broad SMARTS) is 1. The monoisotopic (exact) mass is 335 g/mol. The Morgan fingerprint density at radius 3 is 2.50 bits per heavy atom. The Morgan fingerprint density at radius 2 is 1.92 bits per heavy atom. The van der Waals surface area contributed by atoms with Crippen LogP contribution in [0, 0.1) is 5.41 Å². The van der Waals surface area contributed by atoms with Gasteiger partial charge in [-0.05, 0) is 11.0 Å². The van der Waals surface area contributed by atoms with Gasteiger partial charge in [-0.15, -0.1) is 0 Å². The van der Waals surface area contributed by atoms with E-state index in [0.29, 0.717) is 6.61 Å². The molecule has 132 valence electrons. The van der Waals surface area contributed by atoms with Crippen molar-refractivity contribution in [1.82, 2.24) is 4.90 Å². The zero-order valence-electron chi connectivity index (χ0n) is 14.4. The van der Waals surface area contributed by atoms with E-state index >= 15 is 0 Å². The molecule has 1 aromatic rings. The van der Waals surface area contributed by atoms with Crippen LogP contribution in [0.25, 0.3) is 0 Å². The van der Waals surface area contributed by atoms with Gasteiger partial charge in [0.25, 0.3) is 0 Å². The van der Waals surface area contributed by atoms with E-state index in [2.05, 4.69) is 0 Å². The molecular weight excluding hydrogens is 310 g/mol. The lowest BCUT2D eigenvalue weighted by molar-refractivity contribution is -0.141. The molecule has 2 rings (SSSR count). The summed E-state index contributed by atoms with van der Waals surface area (Å²) in [6.07, 6.45) is -0.617. The van der Waals surface area contributed by atoms with E-state index in [1.807, 2.05) is 51.1 Å². The number of aliphatic carboxylic acids is 1. The molecule has 0 saturated carbocycles. The first-order chi connectivity index (χ1) is 11.3. The van der Waals surface area contributed by atoms with Gasteiger partial charge in [0, 0.05) is 6.42 Å². The lowest BCUT2D eigenvalue weighted by Gasteiger charge is -2.22. The molecule has 24 heavy (non-hydrogen) atoms. The molecule has 2 atom stereocenters. The lowest BCUT2D eigenvalue weighted by atomic mass is 9.98. The van der Waals surface area contributed by atoms with Crippen LogP contribution in [-0.2, 0) is 20.9 Å². The summed E-state index contributed by atoms with van der Waals surface area (Å²) >= 11 is 0. The lowest BCUT2D eigenvalue weighted by Crippen LogP contribution is -2.40. The van der Waals surface area contributed by atoms with Gasteiger partial charge in [-0.2, -0.15) is 0 Å². The van der Waals surface area contributed by atoms with Gasteiger partial charge in [-0.3, -0.25) is 4.90 Å². The summed E-state index contributed by atoms with van der Waals surface area (Å²) in [4.78, 5) is 24.9. The molecule has 1 aliphatic heterocycles. The van der Waals surface area contributed by atoms with Crippen LogP contribution in [0.1, 0.15) is 32.8 Å². The Morgan fingerprint density at radius 1 is 1.25 bits per heavy atom. The number of benzene rings is 1. The van der Waals surface area contributed by atoms with Gasteiger partial charge in [0.05, 0.1) is 19.3 Å². The maximum absolute atomic E-state index is 12.3. The van der Waals surface area contributed by atoms with E-state index in [1.54, 1.807) is 0 Å². The SMILES string of the molecule is CC(C)(C)CO[C@@H]1C[C@@H](C(=O)O)N(C(=O)OCc2ccccc2)C1. The van der Waals surface area contributed by atoms with Gasteiger partial charge in [-0.25, -0.2) is 9.59 Å². The van der Waals surface area contributed by atoms with Crippen molar-refractivity contribution in [2.24, 2.45) is 5.41 Å². The Labute approximate surface area is 142 Å². The van der Waals surface area contributed by atoms with Gasteiger partial charge >= 0.3 is 12.1 Å². The van der Waals surface area contributed by atoms with Crippen LogP contribution >= 0.6 is 0 Å². The fourth-order valence-electron chi connectivity index (χ4n) is 2.52. The Bertz CT molecular complexity index is 567. The average molecular weight is 335 g/mol. The Balaban J connectivity index is 1.93. The van der Waals surface area contributed by atoms with E-state index in [1.165, 1.54) is 4.90 Å². The molecule has 6 nitrogen and oxygen atoms in total. The number of rotatable bonds is 5. The molecule has 1 aliphatic rings. The van der Waals surface area contributed by atoms with Crippen molar-refractivity contribution in [1.29, 1.82) is 0 Å².